The summed E-state index contributed by atoms with van der Waals surface area (Å²) in [6.45, 7) is 2.17. The van der Waals surface area contributed by atoms with Gasteiger partial charge in [0.15, 0.2) is 11.5 Å². The number of para-hydroxylation sites is 2. The SMILES string of the molecule is CC(=O)Nc1ccc(C(=O)NCC2COc3ccccc3O2)cc1. The number of amides is 2. The molecule has 0 bridgehead atoms. The van der Waals surface area contributed by atoms with Crippen molar-refractivity contribution in [1.29, 1.82) is 0 Å². The van der Waals surface area contributed by atoms with E-state index in [2.05, 4.69) is 10.6 Å². The highest BCUT2D eigenvalue weighted by atomic mass is 16.6. The normalized spacial score (nSPS) is 15.5. The van der Waals surface area contributed by atoms with Gasteiger partial charge in [0, 0.05) is 18.2 Å². The summed E-state index contributed by atoms with van der Waals surface area (Å²) in [7, 11) is 0. The molecule has 0 saturated heterocycles. The Morgan fingerprint density at radius 3 is 2.50 bits per heavy atom. The van der Waals surface area contributed by atoms with Crippen LogP contribution in [0.3, 0.4) is 0 Å². The zero-order chi connectivity index (χ0) is 16.9. The Kier molecular flexibility index (Phi) is 4.65. The Morgan fingerprint density at radius 2 is 1.79 bits per heavy atom. The minimum atomic E-state index is -0.234. The molecule has 6 nitrogen and oxygen atoms in total. The van der Waals surface area contributed by atoms with Gasteiger partial charge >= 0.3 is 0 Å². The lowest BCUT2D eigenvalue weighted by Gasteiger charge is -2.26. The first kappa shape index (κ1) is 15.9. The number of benzene rings is 2. The van der Waals surface area contributed by atoms with Crippen molar-refractivity contribution in [2.75, 3.05) is 18.5 Å². The van der Waals surface area contributed by atoms with Crippen LogP contribution in [-0.2, 0) is 4.79 Å². The fraction of sp³-hybridized carbons (Fsp3) is 0.222. The number of carbonyl (C=O) groups excluding carboxylic acids is 2. The summed E-state index contributed by atoms with van der Waals surface area (Å²) in [6.07, 6.45) is -0.234. The van der Waals surface area contributed by atoms with Crippen molar-refractivity contribution >= 4 is 17.5 Å². The van der Waals surface area contributed by atoms with E-state index in [1.165, 1.54) is 6.92 Å². The van der Waals surface area contributed by atoms with Crippen LogP contribution >= 0.6 is 0 Å². The van der Waals surface area contributed by atoms with Crippen molar-refractivity contribution in [2.45, 2.75) is 13.0 Å². The molecule has 0 saturated carbocycles. The fourth-order valence-corrected chi connectivity index (χ4v) is 2.38. The van der Waals surface area contributed by atoms with E-state index in [9.17, 15) is 9.59 Å². The molecule has 1 aliphatic rings. The number of carbonyl (C=O) groups is 2. The third-order valence-corrected chi connectivity index (χ3v) is 3.53. The smallest absolute Gasteiger partial charge is 0.251 e. The Bertz CT molecular complexity index is 743. The van der Waals surface area contributed by atoms with Gasteiger partial charge in [0.1, 0.15) is 12.7 Å². The van der Waals surface area contributed by atoms with Crippen molar-refractivity contribution in [3.05, 3.63) is 54.1 Å². The molecule has 1 heterocycles. The molecule has 0 aromatic heterocycles. The number of nitrogens with one attached hydrogen (secondary N) is 2. The van der Waals surface area contributed by atoms with E-state index < -0.39 is 0 Å². The predicted octanol–water partition coefficient (Wildman–Crippen LogP) is 2.21. The van der Waals surface area contributed by atoms with Crippen molar-refractivity contribution < 1.29 is 19.1 Å². The Morgan fingerprint density at radius 1 is 1.08 bits per heavy atom. The quantitative estimate of drug-likeness (QED) is 0.903. The molecule has 1 aliphatic heterocycles. The van der Waals surface area contributed by atoms with Crippen LogP contribution < -0.4 is 20.1 Å². The molecule has 0 spiro atoms. The van der Waals surface area contributed by atoms with Gasteiger partial charge < -0.3 is 20.1 Å². The third-order valence-electron chi connectivity index (χ3n) is 3.53. The standard InChI is InChI=1S/C18H18N2O4/c1-12(21)20-14-8-6-13(7-9-14)18(22)19-10-15-11-23-16-4-2-3-5-17(16)24-15/h2-9,15H,10-11H2,1H3,(H,19,22)(H,20,21). The number of anilines is 1. The maximum Gasteiger partial charge on any atom is 0.251 e. The molecule has 1 unspecified atom stereocenters. The number of hydrogen-bond acceptors (Lipinski definition) is 4. The second-order valence-electron chi connectivity index (χ2n) is 5.47. The molecular weight excluding hydrogens is 308 g/mol. The van der Waals surface area contributed by atoms with Gasteiger partial charge in [0.2, 0.25) is 5.91 Å². The third kappa shape index (κ3) is 3.84. The van der Waals surface area contributed by atoms with Gasteiger partial charge in [0.05, 0.1) is 6.54 Å². The van der Waals surface area contributed by atoms with Gasteiger partial charge in [-0.15, -0.1) is 0 Å². The summed E-state index contributed by atoms with van der Waals surface area (Å²) in [6, 6.07) is 14.1. The van der Waals surface area contributed by atoms with E-state index in [1.807, 2.05) is 24.3 Å². The molecule has 2 aromatic carbocycles. The van der Waals surface area contributed by atoms with Crippen LogP contribution in [0.1, 0.15) is 17.3 Å². The van der Waals surface area contributed by atoms with Crippen molar-refractivity contribution in [1.82, 2.24) is 5.32 Å². The number of rotatable bonds is 4. The lowest BCUT2D eigenvalue weighted by atomic mass is 10.2. The number of hydrogen-bond donors (Lipinski definition) is 2. The molecular formula is C18H18N2O4. The first-order chi connectivity index (χ1) is 11.6. The summed E-state index contributed by atoms with van der Waals surface area (Å²) in [5.41, 5.74) is 1.17. The first-order valence-electron chi connectivity index (χ1n) is 7.66. The molecule has 2 N–H and O–H groups in total. The van der Waals surface area contributed by atoms with E-state index in [-0.39, 0.29) is 17.9 Å². The molecule has 6 heteroatoms. The Labute approximate surface area is 139 Å². The monoisotopic (exact) mass is 326 g/mol. The molecule has 2 aromatic rings. The minimum absolute atomic E-state index is 0.151. The highest BCUT2D eigenvalue weighted by molar-refractivity contribution is 5.95. The van der Waals surface area contributed by atoms with E-state index >= 15 is 0 Å². The molecule has 0 aliphatic carbocycles. The lowest BCUT2D eigenvalue weighted by Crippen LogP contribution is -2.40. The summed E-state index contributed by atoms with van der Waals surface area (Å²) >= 11 is 0. The van der Waals surface area contributed by atoms with Crippen molar-refractivity contribution in [3.8, 4) is 11.5 Å². The maximum atomic E-state index is 12.2. The van der Waals surface area contributed by atoms with Crippen molar-refractivity contribution in [2.24, 2.45) is 0 Å². The molecule has 24 heavy (non-hydrogen) atoms. The van der Waals surface area contributed by atoms with Gasteiger partial charge in [-0.1, -0.05) is 12.1 Å². The summed E-state index contributed by atoms with van der Waals surface area (Å²) in [5, 5.41) is 5.49. The molecule has 2 amide bonds. The largest absolute Gasteiger partial charge is 0.486 e. The second-order valence-corrected chi connectivity index (χ2v) is 5.47. The maximum absolute atomic E-state index is 12.2. The Balaban J connectivity index is 1.53. The van der Waals surface area contributed by atoms with Crippen molar-refractivity contribution in [3.63, 3.8) is 0 Å². The van der Waals surface area contributed by atoms with Crippen LogP contribution in [-0.4, -0.2) is 31.1 Å². The predicted molar refractivity (Wildman–Crippen MR) is 89.4 cm³/mol. The van der Waals surface area contributed by atoms with E-state index in [0.29, 0.717) is 35.9 Å². The molecule has 0 fully saturated rings. The van der Waals surface area contributed by atoms with Crippen LogP contribution in [0.25, 0.3) is 0 Å². The highest BCUT2D eigenvalue weighted by Gasteiger charge is 2.21. The summed E-state index contributed by atoms with van der Waals surface area (Å²) < 4.78 is 11.4. The van der Waals surface area contributed by atoms with Crippen LogP contribution in [0, 0.1) is 0 Å². The highest BCUT2D eigenvalue weighted by Crippen LogP contribution is 2.30. The van der Waals surface area contributed by atoms with E-state index in [0.717, 1.165) is 0 Å². The second kappa shape index (κ2) is 7.04. The molecule has 0 radical (unpaired) electrons. The fourth-order valence-electron chi connectivity index (χ4n) is 2.38. The van der Waals surface area contributed by atoms with E-state index in [1.54, 1.807) is 24.3 Å². The van der Waals surface area contributed by atoms with Gasteiger partial charge in [-0.25, -0.2) is 0 Å². The van der Waals surface area contributed by atoms with E-state index in [4.69, 9.17) is 9.47 Å². The topological polar surface area (TPSA) is 76.7 Å². The van der Waals surface area contributed by atoms with Gasteiger partial charge in [-0.05, 0) is 36.4 Å². The molecule has 1 atom stereocenters. The lowest BCUT2D eigenvalue weighted by molar-refractivity contribution is -0.114. The number of ether oxygens (including phenoxy) is 2. The minimum Gasteiger partial charge on any atom is -0.486 e. The summed E-state index contributed by atoms with van der Waals surface area (Å²) in [4.78, 5) is 23.2. The van der Waals surface area contributed by atoms with Crippen LogP contribution in [0.15, 0.2) is 48.5 Å². The zero-order valence-electron chi connectivity index (χ0n) is 13.2. The Hall–Kier alpha value is -3.02. The zero-order valence-corrected chi connectivity index (χ0v) is 13.2. The average molecular weight is 326 g/mol. The molecule has 3 rings (SSSR count). The average Bonchev–Trinajstić information content (AvgIpc) is 2.59. The first-order valence-corrected chi connectivity index (χ1v) is 7.66. The van der Waals surface area contributed by atoms with Gasteiger partial charge in [-0.3, -0.25) is 9.59 Å². The van der Waals surface area contributed by atoms with Gasteiger partial charge in [-0.2, -0.15) is 0 Å². The summed E-state index contributed by atoms with van der Waals surface area (Å²) in [5.74, 6) is 1.05. The van der Waals surface area contributed by atoms with Crippen LogP contribution in [0.5, 0.6) is 11.5 Å². The molecule has 124 valence electrons. The van der Waals surface area contributed by atoms with Crippen LogP contribution in [0.2, 0.25) is 0 Å². The number of fused-ring (bicyclic) bond motifs is 1. The van der Waals surface area contributed by atoms with Gasteiger partial charge in [0.25, 0.3) is 5.91 Å². The van der Waals surface area contributed by atoms with Crippen LogP contribution in [0.4, 0.5) is 5.69 Å².